The third kappa shape index (κ3) is 1.91. The van der Waals surface area contributed by atoms with Crippen molar-refractivity contribution in [3.63, 3.8) is 0 Å². The van der Waals surface area contributed by atoms with Crippen molar-refractivity contribution in [2.24, 2.45) is 0 Å². The summed E-state index contributed by atoms with van der Waals surface area (Å²) >= 11 is 0. The molecule has 2 atom stereocenters. The summed E-state index contributed by atoms with van der Waals surface area (Å²) in [5.41, 5.74) is 3.57. The van der Waals surface area contributed by atoms with Crippen molar-refractivity contribution in [2.45, 2.75) is 25.3 Å². The van der Waals surface area contributed by atoms with E-state index in [2.05, 4.69) is 37.1 Å². The standard InChI is InChI=1S/C15H20N2O2/c1-10-4-5-13-11(8-10)12-9-16(2)7-6-14(12)17(13)15(18)19-3/h4-5,8,12,14H,6-7,9H2,1-3H3. The molecule has 1 aromatic rings. The predicted octanol–water partition coefficient (Wildman–Crippen LogP) is 2.37. The number of nitrogens with zero attached hydrogens (tertiary/aromatic N) is 2. The second-order valence-corrected chi connectivity index (χ2v) is 5.63. The summed E-state index contributed by atoms with van der Waals surface area (Å²) in [6.07, 6.45) is 0.770. The van der Waals surface area contributed by atoms with E-state index in [9.17, 15) is 4.79 Å². The first-order valence-corrected chi connectivity index (χ1v) is 6.78. The molecule has 4 heteroatoms. The summed E-state index contributed by atoms with van der Waals surface area (Å²) in [4.78, 5) is 16.3. The minimum absolute atomic E-state index is 0.234. The number of hydrogen-bond acceptors (Lipinski definition) is 3. The van der Waals surface area contributed by atoms with Gasteiger partial charge in [0.2, 0.25) is 0 Å². The van der Waals surface area contributed by atoms with Crippen molar-refractivity contribution in [1.82, 2.24) is 4.90 Å². The maximum absolute atomic E-state index is 12.1. The molecule has 1 fully saturated rings. The van der Waals surface area contributed by atoms with Gasteiger partial charge < -0.3 is 9.64 Å². The Morgan fingerprint density at radius 2 is 2.21 bits per heavy atom. The van der Waals surface area contributed by atoms with Crippen LogP contribution in [-0.4, -0.2) is 44.3 Å². The van der Waals surface area contributed by atoms with E-state index >= 15 is 0 Å². The van der Waals surface area contributed by atoms with Crippen molar-refractivity contribution in [1.29, 1.82) is 0 Å². The van der Waals surface area contributed by atoms with Gasteiger partial charge in [-0.25, -0.2) is 4.79 Å². The smallest absolute Gasteiger partial charge is 0.414 e. The molecule has 1 amide bonds. The number of methoxy groups -OCH3 is 1. The van der Waals surface area contributed by atoms with Gasteiger partial charge >= 0.3 is 6.09 Å². The van der Waals surface area contributed by atoms with E-state index < -0.39 is 0 Å². The highest BCUT2D eigenvalue weighted by Gasteiger charge is 2.44. The Balaban J connectivity index is 2.06. The number of benzene rings is 1. The highest BCUT2D eigenvalue weighted by Crippen LogP contribution is 2.45. The van der Waals surface area contributed by atoms with Gasteiger partial charge in [0.1, 0.15) is 0 Å². The lowest BCUT2D eigenvalue weighted by molar-refractivity contribution is 0.168. The zero-order valence-electron chi connectivity index (χ0n) is 11.7. The van der Waals surface area contributed by atoms with E-state index in [-0.39, 0.29) is 12.1 Å². The zero-order valence-corrected chi connectivity index (χ0v) is 11.7. The number of fused-ring (bicyclic) bond motifs is 3. The Kier molecular flexibility index (Phi) is 2.97. The number of anilines is 1. The zero-order chi connectivity index (χ0) is 13.6. The third-order valence-electron chi connectivity index (χ3n) is 4.32. The van der Waals surface area contributed by atoms with Gasteiger partial charge in [0.25, 0.3) is 0 Å². The Morgan fingerprint density at radius 1 is 1.42 bits per heavy atom. The first-order chi connectivity index (χ1) is 9.11. The van der Waals surface area contributed by atoms with Gasteiger partial charge in [0.15, 0.2) is 0 Å². The highest BCUT2D eigenvalue weighted by atomic mass is 16.5. The first kappa shape index (κ1) is 12.5. The number of ether oxygens (including phenoxy) is 1. The molecule has 3 rings (SSSR count). The Bertz CT molecular complexity index is 515. The lowest BCUT2D eigenvalue weighted by atomic mass is 9.89. The van der Waals surface area contributed by atoms with Crippen molar-refractivity contribution in [3.05, 3.63) is 29.3 Å². The largest absolute Gasteiger partial charge is 0.452 e. The number of hydrogen-bond donors (Lipinski definition) is 0. The highest BCUT2D eigenvalue weighted by molar-refractivity contribution is 5.92. The van der Waals surface area contributed by atoms with Gasteiger partial charge in [-0.3, -0.25) is 4.90 Å². The van der Waals surface area contributed by atoms with Gasteiger partial charge in [-0.2, -0.15) is 0 Å². The van der Waals surface area contributed by atoms with Gasteiger partial charge in [-0.05, 0) is 38.6 Å². The molecule has 0 bridgehead atoms. The lowest BCUT2D eigenvalue weighted by Crippen LogP contribution is -2.47. The second-order valence-electron chi connectivity index (χ2n) is 5.63. The number of carbonyl (C=O) groups is 1. The van der Waals surface area contributed by atoms with Crippen LogP contribution < -0.4 is 4.90 Å². The molecule has 102 valence electrons. The maximum Gasteiger partial charge on any atom is 0.414 e. The van der Waals surface area contributed by atoms with Crippen LogP contribution in [0.2, 0.25) is 0 Å². The monoisotopic (exact) mass is 260 g/mol. The molecule has 4 nitrogen and oxygen atoms in total. The average molecular weight is 260 g/mol. The fraction of sp³-hybridized carbons (Fsp3) is 0.533. The minimum atomic E-state index is -0.234. The number of likely N-dealkylation sites (N-methyl/N-ethyl adjacent to an activating group) is 1. The number of likely N-dealkylation sites (tertiary alicyclic amines) is 1. The number of piperidine rings is 1. The molecule has 2 aliphatic rings. The van der Waals surface area contributed by atoms with Gasteiger partial charge in [-0.15, -0.1) is 0 Å². The van der Waals surface area contributed by atoms with Crippen molar-refractivity contribution in [3.8, 4) is 0 Å². The van der Waals surface area contributed by atoms with E-state index in [1.165, 1.54) is 18.2 Å². The van der Waals surface area contributed by atoms with Crippen LogP contribution in [0.5, 0.6) is 0 Å². The molecular weight excluding hydrogens is 240 g/mol. The van der Waals surface area contributed by atoms with Crippen LogP contribution in [0.25, 0.3) is 0 Å². The fourth-order valence-corrected chi connectivity index (χ4v) is 3.42. The SMILES string of the molecule is COC(=O)N1c2ccc(C)cc2C2CN(C)CCC21. The molecule has 2 heterocycles. The Labute approximate surface area is 113 Å². The minimum Gasteiger partial charge on any atom is -0.452 e. The molecular formula is C15H20N2O2. The van der Waals surface area contributed by atoms with Crippen LogP contribution in [-0.2, 0) is 4.74 Å². The van der Waals surface area contributed by atoms with E-state index in [1.54, 1.807) is 0 Å². The third-order valence-corrected chi connectivity index (χ3v) is 4.32. The summed E-state index contributed by atoms with van der Waals surface area (Å²) in [6.45, 7) is 4.14. The molecule has 0 saturated carbocycles. The summed E-state index contributed by atoms with van der Waals surface area (Å²) in [5, 5.41) is 0. The van der Waals surface area contributed by atoms with Crippen LogP contribution in [0.4, 0.5) is 10.5 Å². The molecule has 1 aromatic carbocycles. The second kappa shape index (κ2) is 4.53. The number of carbonyl (C=O) groups excluding carboxylic acids is 1. The van der Waals surface area contributed by atoms with Crippen LogP contribution >= 0.6 is 0 Å². The molecule has 0 N–H and O–H groups in total. The molecule has 2 unspecified atom stereocenters. The quantitative estimate of drug-likeness (QED) is 0.718. The molecule has 0 aliphatic carbocycles. The molecule has 0 spiro atoms. The Hall–Kier alpha value is -1.55. The fourth-order valence-electron chi connectivity index (χ4n) is 3.42. The number of aryl methyl sites for hydroxylation is 1. The van der Waals surface area contributed by atoms with Crippen LogP contribution in [0, 0.1) is 6.92 Å². The summed E-state index contributed by atoms with van der Waals surface area (Å²) in [5.74, 6) is 0.410. The van der Waals surface area contributed by atoms with E-state index in [0.29, 0.717) is 5.92 Å². The van der Waals surface area contributed by atoms with E-state index in [1.807, 2.05) is 4.90 Å². The summed E-state index contributed by atoms with van der Waals surface area (Å²) in [6, 6.07) is 6.59. The Morgan fingerprint density at radius 3 is 2.95 bits per heavy atom. The number of rotatable bonds is 0. The topological polar surface area (TPSA) is 32.8 Å². The van der Waals surface area contributed by atoms with E-state index in [0.717, 1.165) is 25.2 Å². The number of amides is 1. The van der Waals surface area contributed by atoms with Crippen molar-refractivity contribution >= 4 is 11.8 Å². The van der Waals surface area contributed by atoms with Crippen LogP contribution in [0.1, 0.15) is 23.5 Å². The first-order valence-electron chi connectivity index (χ1n) is 6.78. The van der Waals surface area contributed by atoms with Crippen molar-refractivity contribution in [2.75, 3.05) is 32.1 Å². The van der Waals surface area contributed by atoms with Crippen LogP contribution in [0.3, 0.4) is 0 Å². The van der Waals surface area contributed by atoms with Gasteiger partial charge in [0, 0.05) is 18.5 Å². The predicted molar refractivity (Wildman–Crippen MR) is 74.7 cm³/mol. The molecule has 19 heavy (non-hydrogen) atoms. The summed E-state index contributed by atoms with van der Waals surface area (Å²) < 4.78 is 4.97. The summed E-state index contributed by atoms with van der Waals surface area (Å²) in [7, 11) is 3.60. The maximum atomic E-state index is 12.1. The molecule has 0 radical (unpaired) electrons. The van der Waals surface area contributed by atoms with Gasteiger partial charge in [-0.1, -0.05) is 17.7 Å². The average Bonchev–Trinajstić information content (AvgIpc) is 2.71. The van der Waals surface area contributed by atoms with Gasteiger partial charge in [0.05, 0.1) is 12.8 Å². The lowest BCUT2D eigenvalue weighted by Gasteiger charge is -2.35. The molecule has 0 aromatic heterocycles. The molecule has 2 aliphatic heterocycles. The van der Waals surface area contributed by atoms with E-state index in [4.69, 9.17) is 4.74 Å². The molecule has 1 saturated heterocycles. The van der Waals surface area contributed by atoms with Crippen molar-refractivity contribution < 1.29 is 9.53 Å². The normalized spacial score (nSPS) is 25.9. The van der Waals surface area contributed by atoms with Crippen LogP contribution in [0.15, 0.2) is 18.2 Å².